The van der Waals surface area contributed by atoms with Gasteiger partial charge in [-0.1, -0.05) is 18.2 Å². The van der Waals surface area contributed by atoms with Crippen LogP contribution >= 0.6 is 0 Å². The van der Waals surface area contributed by atoms with Gasteiger partial charge in [0.1, 0.15) is 0 Å². The summed E-state index contributed by atoms with van der Waals surface area (Å²) in [5.41, 5.74) is 10.9. The summed E-state index contributed by atoms with van der Waals surface area (Å²) < 4.78 is 0. The van der Waals surface area contributed by atoms with Crippen LogP contribution in [0.2, 0.25) is 0 Å². The van der Waals surface area contributed by atoms with E-state index in [-0.39, 0.29) is 11.8 Å². The van der Waals surface area contributed by atoms with Gasteiger partial charge in [0.15, 0.2) is 0 Å². The molecular weight excluding hydrogens is 352 g/mol. The minimum absolute atomic E-state index is 0.0437. The Hall–Kier alpha value is -2.70. The summed E-state index contributed by atoms with van der Waals surface area (Å²) >= 11 is 0. The van der Waals surface area contributed by atoms with Crippen LogP contribution in [0.5, 0.6) is 0 Å². The van der Waals surface area contributed by atoms with Gasteiger partial charge >= 0.3 is 0 Å². The molecule has 0 spiro atoms. The molecule has 6 heteroatoms. The van der Waals surface area contributed by atoms with Gasteiger partial charge in [-0.25, -0.2) is 0 Å². The van der Waals surface area contributed by atoms with Crippen molar-refractivity contribution in [2.24, 2.45) is 0 Å². The summed E-state index contributed by atoms with van der Waals surface area (Å²) in [7, 11) is 0. The molecule has 0 radical (unpaired) electrons. The van der Waals surface area contributed by atoms with Crippen LogP contribution in [0.1, 0.15) is 56.2 Å². The highest BCUT2D eigenvalue weighted by Crippen LogP contribution is 2.22. The van der Waals surface area contributed by atoms with Crippen LogP contribution in [0.4, 0.5) is 0 Å². The van der Waals surface area contributed by atoms with Crippen molar-refractivity contribution in [2.45, 2.75) is 38.3 Å². The number of carbonyl (C=O) groups excluding carboxylic acids is 2. The van der Waals surface area contributed by atoms with Crippen LogP contribution in [0.25, 0.3) is 0 Å². The van der Waals surface area contributed by atoms with E-state index in [9.17, 15) is 9.59 Å². The fraction of sp³-hybridized carbons (Fsp3) is 0.364. The average molecular weight is 378 g/mol. The molecule has 1 aliphatic carbocycles. The summed E-state index contributed by atoms with van der Waals surface area (Å²) in [5.74, 6) is 0.282. The summed E-state index contributed by atoms with van der Waals surface area (Å²) in [6, 6.07) is 13.6. The molecular formula is C22H26N4O2. The fourth-order valence-corrected chi connectivity index (χ4v) is 3.56. The van der Waals surface area contributed by atoms with Crippen LogP contribution in [0.3, 0.4) is 0 Å². The maximum atomic E-state index is 12.6. The summed E-state index contributed by atoms with van der Waals surface area (Å²) in [6.45, 7) is 4.24. The lowest BCUT2D eigenvalue weighted by Crippen LogP contribution is -2.26. The summed E-state index contributed by atoms with van der Waals surface area (Å²) in [6.07, 6.45) is 2.13. The number of amides is 2. The van der Waals surface area contributed by atoms with Crippen molar-refractivity contribution in [3.05, 3.63) is 70.3 Å². The largest absolute Gasteiger partial charge is 0.349 e. The van der Waals surface area contributed by atoms with E-state index in [1.54, 1.807) is 6.07 Å². The van der Waals surface area contributed by atoms with Gasteiger partial charge in [0.2, 0.25) is 0 Å². The third kappa shape index (κ3) is 4.40. The molecule has 6 nitrogen and oxygen atoms in total. The second kappa shape index (κ2) is 8.12. The molecule has 1 aliphatic heterocycles. The van der Waals surface area contributed by atoms with Crippen LogP contribution in [-0.2, 0) is 6.54 Å². The van der Waals surface area contributed by atoms with Gasteiger partial charge in [0, 0.05) is 42.7 Å². The molecule has 2 fully saturated rings. The number of nitrogens with one attached hydrogen (secondary N) is 4. The van der Waals surface area contributed by atoms with Gasteiger partial charge in [0.05, 0.1) is 0 Å². The fourth-order valence-electron chi connectivity index (χ4n) is 3.56. The first-order valence-electron chi connectivity index (χ1n) is 9.84. The first-order chi connectivity index (χ1) is 13.6. The molecule has 2 aliphatic rings. The van der Waals surface area contributed by atoms with Crippen LogP contribution in [-0.4, -0.2) is 30.9 Å². The van der Waals surface area contributed by atoms with Gasteiger partial charge in [-0.15, -0.1) is 0 Å². The number of carbonyl (C=O) groups is 2. The first kappa shape index (κ1) is 18.7. The first-order valence-corrected chi connectivity index (χ1v) is 9.84. The minimum Gasteiger partial charge on any atom is -0.349 e. The monoisotopic (exact) mass is 378 g/mol. The van der Waals surface area contributed by atoms with Gasteiger partial charge in [0.25, 0.3) is 11.8 Å². The molecule has 146 valence electrons. The Labute approximate surface area is 165 Å². The highest BCUT2D eigenvalue weighted by Gasteiger charge is 2.24. The molecule has 1 saturated heterocycles. The van der Waals surface area contributed by atoms with E-state index in [1.807, 2.05) is 43.3 Å². The highest BCUT2D eigenvalue weighted by molar-refractivity contribution is 5.95. The zero-order valence-corrected chi connectivity index (χ0v) is 16.0. The molecule has 2 aromatic rings. The molecule has 2 aromatic carbocycles. The normalized spacial score (nSPS) is 16.8. The van der Waals surface area contributed by atoms with Crippen LogP contribution in [0.15, 0.2) is 42.5 Å². The third-order valence-electron chi connectivity index (χ3n) is 5.35. The van der Waals surface area contributed by atoms with E-state index in [1.165, 1.54) is 5.56 Å². The van der Waals surface area contributed by atoms with Crippen molar-refractivity contribution in [3.63, 3.8) is 0 Å². The SMILES string of the molecule is Cc1cc(C(=O)NCc2cccc(C(=O)NC3CC3)c2)ccc1C1CNNC1. The third-order valence-corrected chi connectivity index (χ3v) is 5.35. The predicted octanol–water partition coefficient (Wildman–Crippen LogP) is 2.01. The average Bonchev–Trinajstić information content (AvgIpc) is 3.35. The zero-order valence-electron chi connectivity index (χ0n) is 16.0. The number of hydrogen-bond donors (Lipinski definition) is 4. The lowest BCUT2D eigenvalue weighted by atomic mass is 9.94. The smallest absolute Gasteiger partial charge is 0.251 e. The van der Waals surface area contributed by atoms with Gasteiger partial charge in [-0.2, -0.15) is 0 Å². The number of hydrogen-bond acceptors (Lipinski definition) is 4. The Balaban J connectivity index is 1.37. The minimum atomic E-state index is -0.106. The number of hydrazine groups is 1. The van der Waals surface area contributed by atoms with Crippen molar-refractivity contribution < 1.29 is 9.59 Å². The topological polar surface area (TPSA) is 82.3 Å². The van der Waals surface area contributed by atoms with Gasteiger partial charge in [-0.05, 0) is 60.7 Å². The van der Waals surface area contributed by atoms with Crippen LogP contribution in [0, 0.1) is 6.92 Å². The van der Waals surface area contributed by atoms with E-state index in [0.717, 1.165) is 37.1 Å². The van der Waals surface area contributed by atoms with Crippen LogP contribution < -0.4 is 21.5 Å². The Morgan fingerprint density at radius 3 is 2.46 bits per heavy atom. The summed E-state index contributed by atoms with van der Waals surface area (Å²) in [4.78, 5) is 24.7. The standard InChI is InChI=1S/C22H26N4O2/c1-14-9-17(5-8-20(14)18-12-24-25-13-18)21(27)23-11-15-3-2-4-16(10-15)22(28)26-19-6-7-19/h2-5,8-10,18-19,24-25H,6-7,11-13H2,1H3,(H,23,27)(H,26,28). The van der Waals surface area contributed by atoms with E-state index >= 15 is 0 Å². The molecule has 1 heterocycles. The molecule has 0 unspecified atom stereocenters. The number of aryl methyl sites for hydroxylation is 1. The zero-order chi connectivity index (χ0) is 19.5. The molecule has 0 bridgehead atoms. The number of benzene rings is 2. The van der Waals surface area contributed by atoms with Crippen molar-refractivity contribution in [3.8, 4) is 0 Å². The molecule has 4 N–H and O–H groups in total. The van der Waals surface area contributed by atoms with E-state index in [4.69, 9.17) is 0 Å². The quantitative estimate of drug-likeness (QED) is 0.620. The summed E-state index contributed by atoms with van der Waals surface area (Å²) in [5, 5.41) is 5.94. The maximum Gasteiger partial charge on any atom is 0.251 e. The van der Waals surface area contributed by atoms with E-state index in [0.29, 0.717) is 29.6 Å². The van der Waals surface area contributed by atoms with E-state index < -0.39 is 0 Å². The van der Waals surface area contributed by atoms with Crippen molar-refractivity contribution in [1.82, 2.24) is 21.5 Å². The molecule has 0 aromatic heterocycles. The number of rotatable bonds is 6. The van der Waals surface area contributed by atoms with Gasteiger partial charge < -0.3 is 10.6 Å². The Kier molecular flexibility index (Phi) is 5.41. The maximum absolute atomic E-state index is 12.6. The Bertz CT molecular complexity index is 886. The molecule has 4 rings (SSSR count). The molecule has 28 heavy (non-hydrogen) atoms. The van der Waals surface area contributed by atoms with Gasteiger partial charge in [-0.3, -0.25) is 20.4 Å². The highest BCUT2D eigenvalue weighted by atomic mass is 16.2. The van der Waals surface area contributed by atoms with Crippen molar-refractivity contribution >= 4 is 11.8 Å². The van der Waals surface area contributed by atoms with Crippen molar-refractivity contribution in [2.75, 3.05) is 13.1 Å². The second-order valence-electron chi connectivity index (χ2n) is 7.66. The molecule has 1 saturated carbocycles. The lowest BCUT2D eigenvalue weighted by molar-refractivity contribution is 0.0945. The molecule has 0 atom stereocenters. The Morgan fingerprint density at radius 1 is 1.00 bits per heavy atom. The van der Waals surface area contributed by atoms with E-state index in [2.05, 4.69) is 21.5 Å². The Morgan fingerprint density at radius 2 is 1.75 bits per heavy atom. The second-order valence-corrected chi connectivity index (χ2v) is 7.66. The predicted molar refractivity (Wildman–Crippen MR) is 108 cm³/mol. The lowest BCUT2D eigenvalue weighted by Gasteiger charge is -2.13. The van der Waals surface area contributed by atoms with Crippen molar-refractivity contribution in [1.29, 1.82) is 0 Å². The molecule has 2 amide bonds.